The second-order valence-electron chi connectivity index (χ2n) is 5.44. The Kier molecular flexibility index (Phi) is 6.71. The van der Waals surface area contributed by atoms with Crippen LogP contribution < -0.4 is 9.64 Å². The minimum absolute atomic E-state index is 0.360. The largest absolute Gasteiger partial charge is 0.495 e. The number of aliphatic hydroxyl groups excluding tert-OH is 1. The number of hydrogen-bond donors (Lipinski definition) is 1. The molecule has 0 amide bonds. The normalized spacial score (nSPS) is 17.3. The van der Waals surface area contributed by atoms with Gasteiger partial charge >= 0.3 is 0 Å². The van der Waals surface area contributed by atoms with Crippen LogP contribution in [-0.4, -0.2) is 69.2 Å². The molecule has 0 saturated carbocycles. The van der Waals surface area contributed by atoms with E-state index in [1.54, 1.807) is 13.2 Å². The Hall–Kier alpha value is -1.56. The number of para-hydroxylation sites is 2. The molecule has 0 spiro atoms. The van der Waals surface area contributed by atoms with Crippen LogP contribution in [0.15, 0.2) is 36.9 Å². The molecule has 0 bridgehead atoms. The molecular formula is C17H26N2O3. The second-order valence-corrected chi connectivity index (χ2v) is 5.44. The van der Waals surface area contributed by atoms with E-state index in [9.17, 15) is 5.11 Å². The molecule has 1 aromatic rings. The number of aliphatic hydroxyl groups is 1. The number of hydrogen-bond acceptors (Lipinski definition) is 5. The van der Waals surface area contributed by atoms with Crippen molar-refractivity contribution >= 4 is 5.69 Å². The molecule has 1 heterocycles. The summed E-state index contributed by atoms with van der Waals surface area (Å²) in [6, 6.07) is 8.10. The topological polar surface area (TPSA) is 45.2 Å². The Morgan fingerprint density at radius 2 is 2.00 bits per heavy atom. The maximum atomic E-state index is 9.96. The van der Waals surface area contributed by atoms with Gasteiger partial charge in [0, 0.05) is 32.7 Å². The van der Waals surface area contributed by atoms with Crippen molar-refractivity contribution in [3.05, 3.63) is 36.9 Å². The molecule has 0 aliphatic carbocycles. The van der Waals surface area contributed by atoms with Gasteiger partial charge in [-0.25, -0.2) is 0 Å². The lowest BCUT2D eigenvalue weighted by molar-refractivity contribution is 0.0252. The Labute approximate surface area is 132 Å². The number of β-amino-alcohol motifs (C(OH)–C–C–N with tert-alkyl or cyclic N) is 1. The van der Waals surface area contributed by atoms with E-state index in [0.717, 1.165) is 37.6 Å². The number of rotatable bonds is 8. The van der Waals surface area contributed by atoms with Crippen molar-refractivity contribution in [3.8, 4) is 5.75 Å². The van der Waals surface area contributed by atoms with Crippen LogP contribution >= 0.6 is 0 Å². The van der Waals surface area contributed by atoms with Gasteiger partial charge in [-0.3, -0.25) is 4.90 Å². The van der Waals surface area contributed by atoms with Crippen molar-refractivity contribution in [1.82, 2.24) is 4.90 Å². The molecular weight excluding hydrogens is 280 g/mol. The summed E-state index contributed by atoms with van der Waals surface area (Å²) >= 11 is 0. The quantitative estimate of drug-likeness (QED) is 0.581. The maximum absolute atomic E-state index is 9.96. The van der Waals surface area contributed by atoms with Crippen molar-refractivity contribution in [2.24, 2.45) is 0 Å². The van der Waals surface area contributed by atoms with E-state index in [-0.39, 0.29) is 0 Å². The molecule has 0 aromatic heterocycles. The van der Waals surface area contributed by atoms with E-state index >= 15 is 0 Å². The van der Waals surface area contributed by atoms with Crippen LogP contribution in [0.3, 0.4) is 0 Å². The maximum Gasteiger partial charge on any atom is 0.142 e. The van der Waals surface area contributed by atoms with Crippen LogP contribution in [0.5, 0.6) is 5.75 Å². The molecule has 5 nitrogen and oxygen atoms in total. The minimum Gasteiger partial charge on any atom is -0.495 e. The first-order valence-electron chi connectivity index (χ1n) is 7.71. The van der Waals surface area contributed by atoms with E-state index in [0.29, 0.717) is 19.8 Å². The number of benzene rings is 1. The van der Waals surface area contributed by atoms with Crippen LogP contribution in [0.4, 0.5) is 5.69 Å². The summed E-state index contributed by atoms with van der Waals surface area (Å²) in [5, 5.41) is 9.96. The first kappa shape index (κ1) is 16.8. The highest BCUT2D eigenvalue weighted by Crippen LogP contribution is 2.28. The van der Waals surface area contributed by atoms with Crippen molar-refractivity contribution in [3.63, 3.8) is 0 Å². The van der Waals surface area contributed by atoms with Crippen molar-refractivity contribution in [1.29, 1.82) is 0 Å². The number of anilines is 1. The molecule has 0 radical (unpaired) electrons. The molecule has 122 valence electrons. The zero-order valence-corrected chi connectivity index (χ0v) is 13.3. The monoisotopic (exact) mass is 306 g/mol. The van der Waals surface area contributed by atoms with E-state index < -0.39 is 6.10 Å². The van der Waals surface area contributed by atoms with E-state index in [4.69, 9.17) is 9.47 Å². The zero-order valence-electron chi connectivity index (χ0n) is 13.3. The summed E-state index contributed by atoms with van der Waals surface area (Å²) in [4.78, 5) is 4.60. The fourth-order valence-electron chi connectivity index (χ4n) is 2.70. The summed E-state index contributed by atoms with van der Waals surface area (Å²) < 4.78 is 10.7. The molecule has 1 aliphatic heterocycles. The van der Waals surface area contributed by atoms with E-state index in [2.05, 4.69) is 22.4 Å². The third kappa shape index (κ3) is 4.73. The molecule has 1 fully saturated rings. The van der Waals surface area contributed by atoms with Crippen molar-refractivity contribution in [2.75, 3.05) is 57.9 Å². The van der Waals surface area contributed by atoms with Gasteiger partial charge in [-0.1, -0.05) is 18.2 Å². The molecule has 1 aliphatic rings. The van der Waals surface area contributed by atoms with Gasteiger partial charge < -0.3 is 19.5 Å². The smallest absolute Gasteiger partial charge is 0.142 e. The van der Waals surface area contributed by atoms with Gasteiger partial charge in [-0.2, -0.15) is 0 Å². The van der Waals surface area contributed by atoms with Gasteiger partial charge in [-0.15, -0.1) is 6.58 Å². The highest BCUT2D eigenvalue weighted by molar-refractivity contribution is 5.58. The Morgan fingerprint density at radius 1 is 1.27 bits per heavy atom. The third-order valence-corrected chi connectivity index (χ3v) is 3.81. The second kappa shape index (κ2) is 8.78. The number of methoxy groups -OCH3 is 1. The Morgan fingerprint density at radius 3 is 2.68 bits per heavy atom. The zero-order chi connectivity index (χ0) is 15.8. The average molecular weight is 306 g/mol. The summed E-state index contributed by atoms with van der Waals surface area (Å²) in [6.45, 7) is 8.80. The Balaban J connectivity index is 1.79. The fraction of sp³-hybridized carbons (Fsp3) is 0.529. The van der Waals surface area contributed by atoms with Gasteiger partial charge in [-0.05, 0) is 12.1 Å². The van der Waals surface area contributed by atoms with E-state index in [1.165, 1.54) is 0 Å². The highest BCUT2D eigenvalue weighted by Gasteiger charge is 2.21. The molecule has 1 aromatic carbocycles. The molecule has 1 atom stereocenters. The van der Waals surface area contributed by atoms with Gasteiger partial charge in [0.1, 0.15) is 5.75 Å². The van der Waals surface area contributed by atoms with Crippen LogP contribution in [0.25, 0.3) is 0 Å². The molecule has 5 heteroatoms. The molecule has 1 saturated heterocycles. The van der Waals surface area contributed by atoms with Gasteiger partial charge in [0.05, 0.1) is 32.1 Å². The molecule has 22 heavy (non-hydrogen) atoms. The first-order chi connectivity index (χ1) is 10.7. The van der Waals surface area contributed by atoms with Crippen molar-refractivity contribution in [2.45, 2.75) is 6.10 Å². The van der Waals surface area contributed by atoms with Gasteiger partial charge in [0.25, 0.3) is 0 Å². The van der Waals surface area contributed by atoms with E-state index in [1.807, 2.05) is 18.2 Å². The van der Waals surface area contributed by atoms with Gasteiger partial charge in [0.2, 0.25) is 0 Å². The minimum atomic E-state index is -0.447. The number of nitrogens with zero attached hydrogens (tertiary/aromatic N) is 2. The molecule has 1 unspecified atom stereocenters. The fourth-order valence-corrected chi connectivity index (χ4v) is 2.70. The lowest BCUT2D eigenvalue weighted by atomic mass is 10.2. The first-order valence-corrected chi connectivity index (χ1v) is 7.71. The SMILES string of the molecule is C=CCOCC(O)CN1CCN(c2ccccc2OC)CC1. The summed E-state index contributed by atoms with van der Waals surface area (Å²) in [6.07, 6.45) is 1.25. The number of ether oxygens (including phenoxy) is 2. The van der Waals surface area contributed by atoms with Crippen LogP contribution in [0, 0.1) is 0 Å². The molecule has 1 N–H and O–H groups in total. The predicted octanol–water partition coefficient (Wildman–Crippen LogP) is 1.38. The van der Waals surface area contributed by atoms with Crippen molar-refractivity contribution < 1.29 is 14.6 Å². The third-order valence-electron chi connectivity index (χ3n) is 3.81. The predicted molar refractivity (Wildman–Crippen MR) is 88.7 cm³/mol. The highest BCUT2D eigenvalue weighted by atomic mass is 16.5. The van der Waals surface area contributed by atoms with Crippen LogP contribution in [0.1, 0.15) is 0 Å². The Bertz CT molecular complexity index is 459. The summed E-state index contributed by atoms with van der Waals surface area (Å²) in [5.74, 6) is 0.911. The lowest BCUT2D eigenvalue weighted by Gasteiger charge is -2.37. The number of piperazine rings is 1. The van der Waals surface area contributed by atoms with Crippen LogP contribution in [0.2, 0.25) is 0 Å². The van der Waals surface area contributed by atoms with Gasteiger partial charge in [0.15, 0.2) is 0 Å². The molecule has 2 rings (SSSR count). The lowest BCUT2D eigenvalue weighted by Crippen LogP contribution is -2.49. The average Bonchev–Trinajstić information content (AvgIpc) is 2.56. The van der Waals surface area contributed by atoms with Crippen LogP contribution in [-0.2, 0) is 4.74 Å². The summed E-state index contributed by atoms with van der Waals surface area (Å²) in [7, 11) is 1.70. The summed E-state index contributed by atoms with van der Waals surface area (Å²) in [5.41, 5.74) is 1.14. The standard InChI is InChI=1S/C17H26N2O3/c1-3-12-22-14-15(20)13-18-8-10-19(11-9-18)16-6-4-5-7-17(16)21-2/h3-7,15,20H,1,8-14H2,2H3.